The fourth-order valence-electron chi connectivity index (χ4n) is 2.49. The van der Waals surface area contributed by atoms with Crippen LogP contribution in [0.25, 0.3) is 6.08 Å². The van der Waals surface area contributed by atoms with E-state index in [4.69, 9.17) is 0 Å². The molecule has 0 heterocycles. The zero-order valence-electron chi connectivity index (χ0n) is 12.5. The van der Waals surface area contributed by atoms with Gasteiger partial charge in [0.2, 0.25) is 0 Å². The molecular formula is C17H19NO3. The third-order valence-corrected chi connectivity index (χ3v) is 3.79. The maximum atomic E-state index is 12.5. The normalized spacial score (nSPS) is 20.8. The largest absolute Gasteiger partial charge is 0.289 e. The molecule has 0 bridgehead atoms. The molecule has 1 aromatic rings. The quantitative estimate of drug-likeness (QED) is 0.475. The maximum Gasteiger partial charge on any atom is 0.269 e. The smallest absolute Gasteiger partial charge is 0.269 e. The molecule has 0 saturated heterocycles. The van der Waals surface area contributed by atoms with Crippen LogP contribution in [-0.2, 0) is 4.79 Å². The molecule has 4 heteroatoms. The highest BCUT2D eigenvalue weighted by atomic mass is 16.6. The summed E-state index contributed by atoms with van der Waals surface area (Å²) >= 11 is 0. The molecule has 2 rings (SSSR count). The van der Waals surface area contributed by atoms with Crippen molar-refractivity contribution in [1.29, 1.82) is 0 Å². The lowest BCUT2D eigenvalue weighted by atomic mass is 9.80. The van der Waals surface area contributed by atoms with Crippen molar-refractivity contribution in [3.8, 4) is 0 Å². The zero-order chi connectivity index (χ0) is 15.6. The maximum absolute atomic E-state index is 12.5. The number of rotatable bonds is 3. The number of hydrogen-bond acceptors (Lipinski definition) is 3. The summed E-state index contributed by atoms with van der Waals surface area (Å²) in [7, 11) is 0. The highest BCUT2D eigenvalue weighted by molar-refractivity contribution is 6.12. The number of hydrogen-bond donors (Lipinski definition) is 0. The van der Waals surface area contributed by atoms with Crippen LogP contribution in [0.4, 0.5) is 5.69 Å². The van der Waals surface area contributed by atoms with Crippen molar-refractivity contribution in [2.24, 2.45) is 11.8 Å². The van der Waals surface area contributed by atoms with Crippen molar-refractivity contribution < 1.29 is 9.72 Å². The molecule has 110 valence electrons. The molecule has 0 radical (unpaired) electrons. The van der Waals surface area contributed by atoms with Crippen molar-refractivity contribution in [2.45, 2.75) is 27.2 Å². The molecule has 0 aliphatic heterocycles. The van der Waals surface area contributed by atoms with Crippen molar-refractivity contribution in [3.63, 3.8) is 0 Å². The first-order chi connectivity index (χ1) is 9.90. The Morgan fingerprint density at radius 1 is 1.29 bits per heavy atom. The van der Waals surface area contributed by atoms with E-state index in [0.29, 0.717) is 0 Å². The first kappa shape index (κ1) is 15.2. The number of ketones is 1. The number of nitro benzene ring substituents is 1. The molecular weight excluding hydrogens is 266 g/mol. The molecule has 0 fully saturated rings. The van der Waals surface area contributed by atoms with E-state index in [-0.39, 0.29) is 23.3 Å². The van der Waals surface area contributed by atoms with E-state index in [0.717, 1.165) is 23.1 Å². The van der Waals surface area contributed by atoms with Crippen LogP contribution in [0, 0.1) is 22.0 Å². The molecule has 0 N–H and O–H groups in total. The van der Waals surface area contributed by atoms with Gasteiger partial charge in [0.05, 0.1) is 4.92 Å². The Bertz CT molecular complexity index is 624. The summed E-state index contributed by atoms with van der Waals surface area (Å²) in [5.41, 5.74) is 2.53. The molecule has 0 saturated carbocycles. The minimum absolute atomic E-state index is 0.0583. The average Bonchev–Trinajstić information content (AvgIpc) is 2.43. The lowest BCUT2D eigenvalue weighted by molar-refractivity contribution is -0.384. The van der Waals surface area contributed by atoms with Gasteiger partial charge in [0.15, 0.2) is 5.78 Å². The number of carbonyl (C=O) groups excluding carboxylic acids is 1. The number of carbonyl (C=O) groups is 1. The topological polar surface area (TPSA) is 60.2 Å². The predicted octanol–water partition coefficient (Wildman–Crippen LogP) is 4.17. The van der Waals surface area contributed by atoms with Gasteiger partial charge in [-0.15, -0.1) is 0 Å². The van der Waals surface area contributed by atoms with E-state index in [1.54, 1.807) is 12.1 Å². The van der Waals surface area contributed by atoms with Crippen molar-refractivity contribution in [1.82, 2.24) is 0 Å². The van der Waals surface area contributed by atoms with Crippen LogP contribution < -0.4 is 0 Å². The van der Waals surface area contributed by atoms with Gasteiger partial charge < -0.3 is 0 Å². The Balaban J connectivity index is 2.33. The number of benzene rings is 1. The van der Waals surface area contributed by atoms with Gasteiger partial charge in [-0.3, -0.25) is 14.9 Å². The third-order valence-electron chi connectivity index (χ3n) is 3.79. The fourth-order valence-corrected chi connectivity index (χ4v) is 2.49. The Morgan fingerprint density at radius 2 is 1.90 bits per heavy atom. The first-order valence-electron chi connectivity index (χ1n) is 7.11. The molecule has 1 atom stereocenters. The third kappa shape index (κ3) is 3.27. The van der Waals surface area contributed by atoms with Gasteiger partial charge in [0.25, 0.3) is 5.69 Å². The molecule has 0 unspecified atom stereocenters. The number of nitrogens with zero attached hydrogens (tertiary/aromatic N) is 1. The van der Waals surface area contributed by atoms with Crippen LogP contribution in [0.1, 0.15) is 32.8 Å². The predicted molar refractivity (Wildman–Crippen MR) is 82.8 cm³/mol. The lowest BCUT2D eigenvalue weighted by Crippen LogP contribution is -2.20. The minimum Gasteiger partial charge on any atom is -0.289 e. The molecule has 0 amide bonds. The van der Waals surface area contributed by atoms with Crippen LogP contribution in [-0.4, -0.2) is 10.7 Å². The zero-order valence-corrected chi connectivity index (χ0v) is 12.5. The van der Waals surface area contributed by atoms with E-state index < -0.39 is 4.92 Å². The second-order valence-corrected chi connectivity index (χ2v) is 5.73. The monoisotopic (exact) mass is 285 g/mol. The van der Waals surface area contributed by atoms with Gasteiger partial charge in [-0.1, -0.05) is 26.8 Å². The van der Waals surface area contributed by atoms with Gasteiger partial charge in [-0.05, 0) is 47.6 Å². The Morgan fingerprint density at radius 3 is 2.43 bits per heavy atom. The fraction of sp³-hybridized carbons (Fsp3) is 0.353. The standard InChI is InChI=1S/C17H19NO3/c1-11(2)15-9-4-12(3)16(17(15)19)10-13-5-7-14(8-6-13)18(20)21/h5-12H,4H2,1-3H3/b16-10+/t12-/m1/s1. The van der Waals surface area contributed by atoms with E-state index in [9.17, 15) is 14.9 Å². The highest BCUT2D eigenvalue weighted by Crippen LogP contribution is 2.31. The number of non-ortho nitro benzene ring substituents is 1. The van der Waals surface area contributed by atoms with E-state index in [2.05, 4.69) is 0 Å². The summed E-state index contributed by atoms with van der Waals surface area (Å²) in [6.45, 7) is 6.06. The summed E-state index contributed by atoms with van der Waals surface area (Å²) < 4.78 is 0. The Kier molecular flexibility index (Phi) is 4.36. The van der Waals surface area contributed by atoms with Gasteiger partial charge in [-0.2, -0.15) is 0 Å². The van der Waals surface area contributed by atoms with Crippen LogP contribution in [0.2, 0.25) is 0 Å². The number of allylic oxidation sites excluding steroid dienone is 3. The summed E-state index contributed by atoms with van der Waals surface area (Å²) in [6, 6.07) is 6.28. The molecule has 0 spiro atoms. The summed E-state index contributed by atoms with van der Waals surface area (Å²) in [5.74, 6) is 0.488. The lowest BCUT2D eigenvalue weighted by Gasteiger charge is -2.23. The number of nitro groups is 1. The molecule has 1 aliphatic rings. The molecule has 4 nitrogen and oxygen atoms in total. The molecule has 0 aromatic heterocycles. The minimum atomic E-state index is -0.426. The van der Waals surface area contributed by atoms with Crippen LogP contribution >= 0.6 is 0 Å². The molecule has 1 aromatic carbocycles. The first-order valence-corrected chi connectivity index (χ1v) is 7.11. The molecule has 1 aliphatic carbocycles. The Hall–Kier alpha value is -2.23. The molecule has 21 heavy (non-hydrogen) atoms. The summed E-state index contributed by atoms with van der Waals surface area (Å²) in [4.78, 5) is 22.7. The summed E-state index contributed by atoms with van der Waals surface area (Å²) in [5, 5.41) is 10.7. The van der Waals surface area contributed by atoms with Crippen molar-refractivity contribution >= 4 is 17.5 Å². The van der Waals surface area contributed by atoms with Crippen LogP contribution in [0.3, 0.4) is 0 Å². The number of Topliss-reactive ketones (excluding diaryl/α,β-unsaturated/α-hetero) is 1. The van der Waals surface area contributed by atoms with Crippen molar-refractivity contribution in [2.75, 3.05) is 0 Å². The SMILES string of the molecule is CC(C)C1=CC[C@@H](C)/C(=C\c2ccc([N+](=O)[O-])cc2)C1=O. The average molecular weight is 285 g/mol. The van der Waals surface area contributed by atoms with Gasteiger partial charge in [0, 0.05) is 17.7 Å². The second kappa shape index (κ2) is 6.04. The second-order valence-electron chi connectivity index (χ2n) is 5.73. The Labute approximate surface area is 124 Å². The van der Waals surface area contributed by atoms with Crippen LogP contribution in [0.5, 0.6) is 0 Å². The van der Waals surface area contributed by atoms with Gasteiger partial charge >= 0.3 is 0 Å². The van der Waals surface area contributed by atoms with Crippen molar-refractivity contribution in [3.05, 3.63) is 57.2 Å². The van der Waals surface area contributed by atoms with E-state index in [1.807, 2.05) is 32.9 Å². The van der Waals surface area contributed by atoms with Gasteiger partial charge in [0.1, 0.15) is 0 Å². The van der Waals surface area contributed by atoms with Gasteiger partial charge in [-0.25, -0.2) is 0 Å². The van der Waals surface area contributed by atoms with E-state index in [1.165, 1.54) is 12.1 Å². The summed E-state index contributed by atoms with van der Waals surface area (Å²) in [6.07, 6.45) is 4.75. The van der Waals surface area contributed by atoms with Crippen LogP contribution in [0.15, 0.2) is 41.5 Å². The highest BCUT2D eigenvalue weighted by Gasteiger charge is 2.26. The van der Waals surface area contributed by atoms with E-state index >= 15 is 0 Å².